The normalized spacial score (nSPS) is 12.6. The smallest absolute Gasteiger partial charge is 0.354 e. The number of hydrogen-bond acceptors (Lipinski definition) is 4. The first-order valence-corrected chi connectivity index (χ1v) is 13.1. The number of benzene rings is 2. The van der Waals surface area contributed by atoms with Crippen molar-refractivity contribution in [3.8, 4) is 0 Å². The molecule has 0 saturated heterocycles. The molecular weight excluding hydrogens is 502 g/mol. The Hall–Kier alpha value is -3.15. The summed E-state index contributed by atoms with van der Waals surface area (Å²) in [7, 11) is -4.21. The van der Waals surface area contributed by atoms with Crippen LogP contribution in [0.15, 0.2) is 48.5 Å². The van der Waals surface area contributed by atoms with E-state index in [1.54, 1.807) is 6.07 Å². The van der Waals surface area contributed by atoms with E-state index in [9.17, 15) is 35.6 Å². The average Bonchev–Trinajstić information content (AvgIpc) is 2.80. The molecule has 2 rings (SSSR count). The number of nitrogens with zero attached hydrogens (tertiary/aromatic N) is 2. The van der Waals surface area contributed by atoms with Crippen LogP contribution < -0.4 is 9.62 Å². The summed E-state index contributed by atoms with van der Waals surface area (Å²) in [5.41, 5.74) is -1.37. The molecule has 1 atom stereocenters. The summed E-state index contributed by atoms with van der Waals surface area (Å²) in [6.07, 6.45) is -2.47. The van der Waals surface area contributed by atoms with Gasteiger partial charge in [-0.25, -0.2) is 12.8 Å². The molecule has 0 aliphatic rings. The highest BCUT2D eigenvalue weighted by atomic mass is 32.2. The Bertz CT molecular complexity index is 1170. The van der Waals surface area contributed by atoms with Crippen LogP contribution in [0.5, 0.6) is 0 Å². The van der Waals surface area contributed by atoms with Gasteiger partial charge >= 0.3 is 6.18 Å². The lowest BCUT2D eigenvalue weighted by Crippen LogP contribution is -2.51. The maximum Gasteiger partial charge on any atom is 0.416 e. The number of amides is 2. The lowest BCUT2D eigenvalue weighted by atomic mass is 10.1. The molecule has 0 radical (unpaired) electrons. The van der Waals surface area contributed by atoms with E-state index in [0.29, 0.717) is 23.3 Å². The zero-order valence-corrected chi connectivity index (χ0v) is 21.0. The minimum Gasteiger partial charge on any atom is -0.354 e. The summed E-state index contributed by atoms with van der Waals surface area (Å²) in [6.45, 7) is 2.45. The number of unbranched alkanes of at least 4 members (excludes halogenated alkanes) is 1. The molecule has 0 fully saturated rings. The molecule has 2 aromatic carbocycles. The zero-order valence-electron chi connectivity index (χ0n) is 20.2. The highest BCUT2D eigenvalue weighted by molar-refractivity contribution is 7.92. The molecule has 198 valence electrons. The van der Waals surface area contributed by atoms with Crippen molar-refractivity contribution in [2.24, 2.45) is 0 Å². The molecule has 0 aliphatic heterocycles. The second kappa shape index (κ2) is 12.2. The molecule has 2 amide bonds. The van der Waals surface area contributed by atoms with Crippen molar-refractivity contribution >= 4 is 27.5 Å². The van der Waals surface area contributed by atoms with E-state index in [2.05, 4.69) is 5.32 Å². The van der Waals surface area contributed by atoms with Gasteiger partial charge in [0, 0.05) is 18.7 Å². The van der Waals surface area contributed by atoms with Gasteiger partial charge in [0.2, 0.25) is 21.8 Å². The summed E-state index contributed by atoms with van der Waals surface area (Å²) in [4.78, 5) is 27.0. The van der Waals surface area contributed by atoms with E-state index in [-0.39, 0.29) is 17.8 Å². The van der Waals surface area contributed by atoms with Crippen molar-refractivity contribution in [3.63, 3.8) is 0 Å². The third kappa shape index (κ3) is 7.94. The van der Waals surface area contributed by atoms with E-state index < -0.39 is 52.0 Å². The molecule has 0 heterocycles. The standard InChI is InChI=1S/C24H29F4N3O4S/c1-4-5-13-29-23(33)17(2)30(15-18-9-6-7-12-21(18)25)22(32)16-31(36(3,34)35)20-11-8-10-19(14-20)24(26,27)28/h6-12,14,17H,4-5,13,15-16H2,1-3H3,(H,29,33)/t17-/m0/s1. The fraction of sp³-hybridized carbons (Fsp3) is 0.417. The van der Waals surface area contributed by atoms with Crippen LogP contribution >= 0.6 is 0 Å². The lowest BCUT2D eigenvalue weighted by Gasteiger charge is -2.31. The highest BCUT2D eigenvalue weighted by Crippen LogP contribution is 2.32. The molecule has 0 unspecified atom stereocenters. The van der Waals surface area contributed by atoms with Crippen LogP contribution in [-0.2, 0) is 32.3 Å². The first-order valence-electron chi connectivity index (χ1n) is 11.2. The van der Waals surface area contributed by atoms with Crippen LogP contribution in [0, 0.1) is 5.82 Å². The minimum atomic E-state index is -4.73. The Morgan fingerprint density at radius 2 is 1.75 bits per heavy atom. The Morgan fingerprint density at radius 1 is 1.08 bits per heavy atom. The molecule has 36 heavy (non-hydrogen) atoms. The van der Waals surface area contributed by atoms with Crippen molar-refractivity contribution in [1.29, 1.82) is 0 Å². The summed E-state index contributed by atoms with van der Waals surface area (Å²) >= 11 is 0. The number of carbonyl (C=O) groups is 2. The molecule has 0 spiro atoms. The summed E-state index contributed by atoms with van der Waals surface area (Å²) in [5, 5.41) is 2.67. The van der Waals surface area contributed by atoms with Gasteiger partial charge in [0.05, 0.1) is 17.5 Å². The van der Waals surface area contributed by atoms with E-state index in [1.165, 1.54) is 25.1 Å². The van der Waals surface area contributed by atoms with Gasteiger partial charge in [-0.15, -0.1) is 0 Å². The third-order valence-electron chi connectivity index (χ3n) is 5.44. The Kier molecular flexibility index (Phi) is 9.85. The van der Waals surface area contributed by atoms with Crippen molar-refractivity contribution in [3.05, 3.63) is 65.5 Å². The summed E-state index contributed by atoms with van der Waals surface area (Å²) in [5.74, 6) is -2.05. The van der Waals surface area contributed by atoms with Crippen molar-refractivity contribution in [2.75, 3.05) is 23.7 Å². The van der Waals surface area contributed by atoms with Gasteiger partial charge in [-0.2, -0.15) is 13.2 Å². The Morgan fingerprint density at radius 3 is 2.33 bits per heavy atom. The van der Waals surface area contributed by atoms with Crippen LogP contribution in [0.25, 0.3) is 0 Å². The monoisotopic (exact) mass is 531 g/mol. The number of hydrogen-bond donors (Lipinski definition) is 1. The predicted octanol–water partition coefficient (Wildman–Crippen LogP) is 3.94. The largest absolute Gasteiger partial charge is 0.416 e. The van der Waals surface area contributed by atoms with E-state index >= 15 is 0 Å². The molecule has 7 nitrogen and oxygen atoms in total. The number of sulfonamides is 1. The lowest BCUT2D eigenvalue weighted by molar-refractivity contribution is -0.139. The van der Waals surface area contributed by atoms with Crippen LogP contribution in [0.4, 0.5) is 23.2 Å². The zero-order chi connectivity index (χ0) is 27.1. The first-order chi connectivity index (χ1) is 16.8. The number of halogens is 4. The van der Waals surface area contributed by atoms with Gasteiger partial charge in [0.15, 0.2) is 0 Å². The molecule has 0 bridgehead atoms. The maximum absolute atomic E-state index is 14.3. The molecule has 2 aromatic rings. The molecule has 0 aromatic heterocycles. The molecule has 0 aliphatic carbocycles. The van der Waals surface area contributed by atoms with E-state index in [1.807, 2.05) is 6.92 Å². The van der Waals surface area contributed by atoms with Crippen molar-refractivity contribution in [2.45, 2.75) is 45.5 Å². The van der Waals surface area contributed by atoms with Crippen molar-refractivity contribution in [1.82, 2.24) is 10.2 Å². The van der Waals surface area contributed by atoms with E-state index in [4.69, 9.17) is 0 Å². The fourth-order valence-corrected chi connectivity index (χ4v) is 4.22. The highest BCUT2D eigenvalue weighted by Gasteiger charge is 2.33. The number of rotatable bonds is 11. The Labute approximate surface area is 208 Å². The number of alkyl halides is 3. The number of anilines is 1. The van der Waals surface area contributed by atoms with Gasteiger partial charge in [-0.05, 0) is 37.6 Å². The molecular formula is C24H29F4N3O4S. The van der Waals surface area contributed by atoms with Crippen LogP contribution in [0.3, 0.4) is 0 Å². The predicted molar refractivity (Wildman–Crippen MR) is 128 cm³/mol. The maximum atomic E-state index is 14.3. The molecule has 12 heteroatoms. The molecule has 0 saturated carbocycles. The quantitative estimate of drug-likeness (QED) is 0.352. The van der Waals surface area contributed by atoms with Gasteiger partial charge in [-0.1, -0.05) is 37.6 Å². The summed E-state index contributed by atoms with van der Waals surface area (Å²) in [6, 6.07) is 8.02. The van der Waals surface area contributed by atoms with Gasteiger partial charge in [0.25, 0.3) is 0 Å². The Balaban J connectivity index is 2.42. The van der Waals surface area contributed by atoms with Gasteiger partial charge in [-0.3, -0.25) is 13.9 Å². The average molecular weight is 532 g/mol. The van der Waals surface area contributed by atoms with Crippen LogP contribution in [-0.4, -0.2) is 50.5 Å². The first kappa shape index (κ1) is 29.1. The van der Waals surface area contributed by atoms with Crippen molar-refractivity contribution < 1.29 is 35.6 Å². The number of nitrogens with one attached hydrogen (secondary N) is 1. The second-order valence-electron chi connectivity index (χ2n) is 8.25. The fourth-order valence-electron chi connectivity index (χ4n) is 3.38. The number of carbonyl (C=O) groups excluding carboxylic acids is 2. The van der Waals surface area contributed by atoms with Crippen LogP contribution in [0.2, 0.25) is 0 Å². The topological polar surface area (TPSA) is 86.8 Å². The van der Waals surface area contributed by atoms with E-state index in [0.717, 1.165) is 35.8 Å². The molecule has 1 N–H and O–H groups in total. The third-order valence-corrected chi connectivity index (χ3v) is 6.58. The summed E-state index contributed by atoms with van der Waals surface area (Å²) < 4.78 is 79.4. The van der Waals surface area contributed by atoms with Crippen LogP contribution in [0.1, 0.15) is 37.8 Å². The second-order valence-corrected chi connectivity index (χ2v) is 10.2. The SMILES string of the molecule is CCCCNC(=O)[C@H](C)N(Cc1ccccc1F)C(=O)CN(c1cccc(C(F)(F)F)c1)S(C)(=O)=O. The van der Waals surface area contributed by atoms with Gasteiger partial charge in [0.1, 0.15) is 18.4 Å². The van der Waals surface area contributed by atoms with Gasteiger partial charge < -0.3 is 10.2 Å². The minimum absolute atomic E-state index is 0.0871.